The second-order valence-electron chi connectivity index (χ2n) is 4.24. The van der Waals surface area contributed by atoms with Gasteiger partial charge in [0.2, 0.25) is 0 Å². The molecule has 2 rings (SSSR count). The molecule has 0 saturated carbocycles. The number of rotatable bonds is 6. The molecule has 0 aliphatic heterocycles. The Balaban J connectivity index is 2.44. The maximum absolute atomic E-state index is 11.5. The fourth-order valence-electron chi connectivity index (χ4n) is 1.94. The lowest BCUT2D eigenvalue weighted by Crippen LogP contribution is -2.03. The number of aromatic carboxylic acids is 1. The summed E-state index contributed by atoms with van der Waals surface area (Å²) in [7, 11) is 0. The normalized spacial score (nSPS) is 10.4. The number of benzene rings is 2. The van der Waals surface area contributed by atoms with Crippen LogP contribution < -0.4 is 4.74 Å². The Labute approximate surface area is 127 Å². The molecular weight excluding hydrogens is 288 g/mol. The van der Waals surface area contributed by atoms with Crippen LogP contribution in [0.3, 0.4) is 0 Å². The van der Waals surface area contributed by atoms with Crippen molar-refractivity contribution in [1.82, 2.24) is 0 Å². The van der Waals surface area contributed by atoms with Gasteiger partial charge in [0.1, 0.15) is 17.1 Å². The lowest BCUT2D eigenvalue weighted by molar-refractivity contribution is 0.0690. The molecule has 5 heteroatoms. The molecule has 0 aliphatic rings. The van der Waals surface area contributed by atoms with Gasteiger partial charge in [0, 0.05) is 10.5 Å². The summed E-state index contributed by atoms with van der Waals surface area (Å²) in [5.74, 6) is 0.489. The number of carbonyl (C=O) groups is 1. The molecule has 0 radical (unpaired) electrons. The highest BCUT2D eigenvalue weighted by Crippen LogP contribution is 2.34. The monoisotopic (exact) mass is 304 g/mol. The van der Waals surface area contributed by atoms with Crippen LogP contribution in [-0.4, -0.2) is 21.9 Å². The van der Waals surface area contributed by atoms with Crippen molar-refractivity contribution in [3.8, 4) is 11.5 Å². The Hall–Kier alpha value is -1.98. The molecule has 0 atom stereocenters. The van der Waals surface area contributed by atoms with Gasteiger partial charge in [-0.15, -0.1) is 11.8 Å². The summed E-state index contributed by atoms with van der Waals surface area (Å²) in [4.78, 5) is 12.2. The third-order valence-electron chi connectivity index (χ3n) is 2.86. The first-order valence-corrected chi connectivity index (χ1v) is 7.51. The van der Waals surface area contributed by atoms with Crippen LogP contribution in [0.25, 0.3) is 0 Å². The molecule has 2 N–H and O–H groups in total. The number of hydrogen-bond donors (Lipinski definition) is 2. The SMILES string of the molecule is CCSc1cccc(Oc2ccccc2CO)c1C(=O)O. The highest BCUT2D eigenvalue weighted by atomic mass is 32.2. The van der Waals surface area contributed by atoms with E-state index in [0.29, 0.717) is 16.2 Å². The summed E-state index contributed by atoms with van der Waals surface area (Å²) in [6.07, 6.45) is 0. The Morgan fingerprint density at radius 3 is 2.52 bits per heavy atom. The Morgan fingerprint density at radius 1 is 1.14 bits per heavy atom. The van der Waals surface area contributed by atoms with E-state index in [0.717, 1.165) is 5.75 Å². The van der Waals surface area contributed by atoms with E-state index < -0.39 is 5.97 Å². The molecule has 2 aromatic rings. The molecule has 0 amide bonds. The maximum atomic E-state index is 11.5. The zero-order valence-electron chi connectivity index (χ0n) is 11.6. The molecule has 0 saturated heterocycles. The van der Waals surface area contributed by atoms with E-state index in [2.05, 4.69) is 0 Å². The summed E-state index contributed by atoms with van der Waals surface area (Å²) in [6, 6.07) is 12.2. The van der Waals surface area contributed by atoms with E-state index in [1.807, 2.05) is 6.92 Å². The van der Waals surface area contributed by atoms with Crippen LogP contribution in [0.1, 0.15) is 22.8 Å². The third-order valence-corrected chi connectivity index (χ3v) is 3.80. The van der Waals surface area contributed by atoms with Crippen LogP contribution in [0, 0.1) is 0 Å². The van der Waals surface area contributed by atoms with E-state index in [9.17, 15) is 15.0 Å². The van der Waals surface area contributed by atoms with Crippen LogP contribution in [0.2, 0.25) is 0 Å². The first-order chi connectivity index (χ1) is 10.2. The zero-order chi connectivity index (χ0) is 15.2. The van der Waals surface area contributed by atoms with Crippen molar-refractivity contribution < 1.29 is 19.7 Å². The number of aliphatic hydroxyl groups excluding tert-OH is 1. The van der Waals surface area contributed by atoms with Crippen LogP contribution >= 0.6 is 11.8 Å². The van der Waals surface area contributed by atoms with Gasteiger partial charge in [-0.3, -0.25) is 0 Å². The molecule has 0 bridgehead atoms. The average Bonchev–Trinajstić information content (AvgIpc) is 2.48. The van der Waals surface area contributed by atoms with E-state index >= 15 is 0 Å². The summed E-state index contributed by atoms with van der Waals surface area (Å²) < 4.78 is 5.73. The molecule has 0 unspecified atom stereocenters. The van der Waals surface area contributed by atoms with E-state index in [-0.39, 0.29) is 17.9 Å². The van der Waals surface area contributed by atoms with Gasteiger partial charge in [-0.05, 0) is 24.0 Å². The second kappa shape index (κ2) is 7.15. The Morgan fingerprint density at radius 2 is 1.86 bits per heavy atom. The number of carboxylic acids is 1. The van der Waals surface area contributed by atoms with E-state index in [1.165, 1.54) is 11.8 Å². The summed E-state index contributed by atoms with van der Waals surface area (Å²) in [5.41, 5.74) is 0.763. The first-order valence-electron chi connectivity index (χ1n) is 6.53. The number of thioether (sulfide) groups is 1. The zero-order valence-corrected chi connectivity index (χ0v) is 12.4. The molecule has 0 aliphatic carbocycles. The quantitative estimate of drug-likeness (QED) is 0.795. The molecule has 21 heavy (non-hydrogen) atoms. The van der Waals surface area contributed by atoms with Crippen molar-refractivity contribution in [3.63, 3.8) is 0 Å². The lowest BCUT2D eigenvalue weighted by atomic mass is 10.2. The highest BCUT2D eigenvalue weighted by Gasteiger charge is 2.18. The topological polar surface area (TPSA) is 66.8 Å². The van der Waals surface area contributed by atoms with Crippen molar-refractivity contribution >= 4 is 17.7 Å². The number of para-hydroxylation sites is 1. The van der Waals surface area contributed by atoms with Crippen molar-refractivity contribution in [2.45, 2.75) is 18.4 Å². The minimum absolute atomic E-state index is 0.150. The number of aliphatic hydroxyl groups is 1. The highest BCUT2D eigenvalue weighted by molar-refractivity contribution is 7.99. The van der Waals surface area contributed by atoms with Gasteiger partial charge >= 0.3 is 5.97 Å². The van der Waals surface area contributed by atoms with Gasteiger partial charge in [-0.2, -0.15) is 0 Å². The van der Waals surface area contributed by atoms with E-state index in [4.69, 9.17) is 4.74 Å². The summed E-state index contributed by atoms with van der Waals surface area (Å²) >= 11 is 1.45. The lowest BCUT2D eigenvalue weighted by Gasteiger charge is -2.13. The number of carboxylic acid groups (broad SMARTS) is 1. The third kappa shape index (κ3) is 3.56. The van der Waals surface area contributed by atoms with Crippen LogP contribution in [0.5, 0.6) is 11.5 Å². The van der Waals surface area contributed by atoms with Gasteiger partial charge in [0.15, 0.2) is 0 Å². The van der Waals surface area contributed by atoms with Crippen molar-refractivity contribution in [3.05, 3.63) is 53.6 Å². The number of ether oxygens (including phenoxy) is 1. The van der Waals surface area contributed by atoms with Crippen LogP contribution in [0.4, 0.5) is 0 Å². The summed E-state index contributed by atoms with van der Waals surface area (Å²) in [5, 5.41) is 18.7. The maximum Gasteiger partial charge on any atom is 0.340 e. The fourth-order valence-corrected chi connectivity index (χ4v) is 2.75. The van der Waals surface area contributed by atoms with Crippen molar-refractivity contribution in [2.75, 3.05) is 5.75 Å². The van der Waals surface area contributed by atoms with Gasteiger partial charge in [0.25, 0.3) is 0 Å². The molecule has 4 nitrogen and oxygen atoms in total. The standard InChI is InChI=1S/C16H16O4S/c1-2-21-14-9-5-8-13(15(14)16(18)19)20-12-7-4-3-6-11(12)10-17/h3-9,17H,2,10H2,1H3,(H,18,19). The molecular formula is C16H16O4S. The summed E-state index contributed by atoms with van der Waals surface area (Å²) in [6.45, 7) is 1.80. The Bertz CT molecular complexity index is 640. The average molecular weight is 304 g/mol. The van der Waals surface area contributed by atoms with Crippen molar-refractivity contribution in [1.29, 1.82) is 0 Å². The predicted octanol–water partition coefficient (Wildman–Crippen LogP) is 3.78. The minimum atomic E-state index is -1.02. The van der Waals surface area contributed by atoms with E-state index in [1.54, 1.807) is 42.5 Å². The van der Waals surface area contributed by atoms with Crippen molar-refractivity contribution in [2.24, 2.45) is 0 Å². The van der Waals surface area contributed by atoms with Gasteiger partial charge in [-0.25, -0.2) is 4.79 Å². The van der Waals surface area contributed by atoms with Crippen LogP contribution in [0.15, 0.2) is 47.4 Å². The Kier molecular flexibility index (Phi) is 5.25. The largest absolute Gasteiger partial charge is 0.478 e. The van der Waals surface area contributed by atoms with Gasteiger partial charge in [0.05, 0.1) is 6.61 Å². The second-order valence-corrected chi connectivity index (χ2v) is 5.54. The van der Waals surface area contributed by atoms with Gasteiger partial charge < -0.3 is 14.9 Å². The molecule has 0 spiro atoms. The molecule has 0 aromatic heterocycles. The number of hydrogen-bond acceptors (Lipinski definition) is 4. The van der Waals surface area contributed by atoms with Gasteiger partial charge in [-0.1, -0.05) is 31.2 Å². The molecule has 2 aromatic carbocycles. The molecule has 0 fully saturated rings. The molecule has 0 heterocycles. The first kappa shape index (κ1) is 15.4. The fraction of sp³-hybridized carbons (Fsp3) is 0.188. The molecule has 110 valence electrons. The smallest absolute Gasteiger partial charge is 0.340 e. The predicted molar refractivity (Wildman–Crippen MR) is 82.2 cm³/mol. The minimum Gasteiger partial charge on any atom is -0.478 e. The van der Waals surface area contributed by atoms with Crippen LogP contribution in [-0.2, 0) is 6.61 Å².